The fourth-order valence-electron chi connectivity index (χ4n) is 2.89. The van der Waals surface area contributed by atoms with E-state index in [-0.39, 0.29) is 17.9 Å². The zero-order valence-electron chi connectivity index (χ0n) is 14.3. The van der Waals surface area contributed by atoms with Crippen LogP contribution in [0.4, 0.5) is 0 Å². The number of nitrogens with zero attached hydrogens (tertiary/aromatic N) is 4. The standard InChI is InChI=1S/C17H21N5O2S/c1-21(2)16(24)14-4-3-9-22(14)15(23)13-7-5-12(6-8-13)10-25-17-18-11-19-20-17/h5-8,11,14H,3-4,9-10H2,1-2H3,(H,18,19,20). The van der Waals surface area contributed by atoms with Crippen molar-refractivity contribution in [3.8, 4) is 0 Å². The maximum absolute atomic E-state index is 12.8. The van der Waals surface area contributed by atoms with E-state index in [0.29, 0.717) is 12.1 Å². The number of rotatable bonds is 5. The van der Waals surface area contributed by atoms with Gasteiger partial charge in [0, 0.05) is 32.0 Å². The van der Waals surface area contributed by atoms with E-state index in [2.05, 4.69) is 15.2 Å². The van der Waals surface area contributed by atoms with Gasteiger partial charge < -0.3 is 9.80 Å². The zero-order chi connectivity index (χ0) is 17.8. The van der Waals surface area contributed by atoms with Crippen molar-refractivity contribution >= 4 is 23.6 Å². The zero-order valence-corrected chi connectivity index (χ0v) is 15.1. The summed E-state index contributed by atoms with van der Waals surface area (Å²) in [5, 5.41) is 7.38. The van der Waals surface area contributed by atoms with Gasteiger partial charge >= 0.3 is 0 Å². The molecule has 3 rings (SSSR count). The first kappa shape index (κ1) is 17.5. The Morgan fingerprint density at radius 3 is 2.72 bits per heavy atom. The SMILES string of the molecule is CN(C)C(=O)C1CCCN1C(=O)c1ccc(CSc2ncn[nH]2)cc1. The van der Waals surface area contributed by atoms with E-state index in [1.165, 1.54) is 6.33 Å². The number of amides is 2. The van der Waals surface area contributed by atoms with Crippen LogP contribution in [-0.2, 0) is 10.5 Å². The third-order valence-electron chi connectivity index (χ3n) is 4.21. The van der Waals surface area contributed by atoms with E-state index in [0.717, 1.165) is 29.3 Å². The van der Waals surface area contributed by atoms with Crippen LogP contribution in [0.15, 0.2) is 35.7 Å². The van der Waals surface area contributed by atoms with E-state index >= 15 is 0 Å². The number of carbonyl (C=O) groups excluding carboxylic acids is 2. The van der Waals surface area contributed by atoms with Crippen LogP contribution < -0.4 is 0 Å². The molecule has 0 spiro atoms. The van der Waals surface area contributed by atoms with E-state index in [1.807, 2.05) is 24.3 Å². The summed E-state index contributed by atoms with van der Waals surface area (Å²) in [4.78, 5) is 32.3. The summed E-state index contributed by atoms with van der Waals surface area (Å²) >= 11 is 1.55. The number of benzene rings is 1. The third-order valence-corrected chi connectivity index (χ3v) is 5.16. The fraction of sp³-hybridized carbons (Fsp3) is 0.412. The summed E-state index contributed by atoms with van der Waals surface area (Å²) in [7, 11) is 3.45. The van der Waals surface area contributed by atoms with Gasteiger partial charge in [0.05, 0.1) is 0 Å². The van der Waals surface area contributed by atoms with Gasteiger partial charge in [0.2, 0.25) is 5.91 Å². The van der Waals surface area contributed by atoms with Crippen LogP contribution >= 0.6 is 11.8 Å². The minimum Gasteiger partial charge on any atom is -0.347 e. The number of likely N-dealkylation sites (N-methyl/N-ethyl adjacent to an activating group) is 1. The van der Waals surface area contributed by atoms with E-state index in [4.69, 9.17) is 0 Å². The number of nitrogens with one attached hydrogen (secondary N) is 1. The highest BCUT2D eigenvalue weighted by molar-refractivity contribution is 7.98. The van der Waals surface area contributed by atoms with Gasteiger partial charge in [-0.15, -0.1) is 0 Å². The Morgan fingerprint density at radius 1 is 1.32 bits per heavy atom. The lowest BCUT2D eigenvalue weighted by Crippen LogP contribution is -2.45. The summed E-state index contributed by atoms with van der Waals surface area (Å²) in [6, 6.07) is 7.19. The monoisotopic (exact) mass is 359 g/mol. The van der Waals surface area contributed by atoms with Gasteiger partial charge in [-0.3, -0.25) is 14.7 Å². The summed E-state index contributed by atoms with van der Waals surface area (Å²) in [5.41, 5.74) is 1.71. The van der Waals surface area contributed by atoms with Crippen molar-refractivity contribution in [2.24, 2.45) is 0 Å². The molecule has 1 aliphatic rings. The Labute approximate surface area is 150 Å². The summed E-state index contributed by atoms with van der Waals surface area (Å²) in [6.07, 6.45) is 3.07. The molecule has 1 N–H and O–H groups in total. The van der Waals surface area contributed by atoms with E-state index < -0.39 is 0 Å². The Hall–Kier alpha value is -2.35. The number of H-pyrrole nitrogens is 1. The van der Waals surface area contributed by atoms with Crippen molar-refractivity contribution in [2.75, 3.05) is 20.6 Å². The van der Waals surface area contributed by atoms with Crippen LogP contribution in [0.25, 0.3) is 0 Å². The Morgan fingerprint density at radius 2 is 2.08 bits per heavy atom. The van der Waals surface area contributed by atoms with Gasteiger partial charge in [-0.2, -0.15) is 5.10 Å². The molecule has 1 aliphatic heterocycles. The smallest absolute Gasteiger partial charge is 0.254 e. The molecule has 2 amide bonds. The molecule has 2 aromatic rings. The normalized spacial score (nSPS) is 16.9. The Bertz CT molecular complexity index is 730. The number of aromatic nitrogens is 3. The molecule has 0 bridgehead atoms. The van der Waals surface area contributed by atoms with Gasteiger partial charge in [0.1, 0.15) is 12.4 Å². The molecule has 0 aliphatic carbocycles. The van der Waals surface area contributed by atoms with Crippen LogP contribution in [0.2, 0.25) is 0 Å². The number of carbonyl (C=O) groups is 2. The largest absolute Gasteiger partial charge is 0.347 e. The maximum Gasteiger partial charge on any atom is 0.254 e. The molecule has 0 saturated carbocycles. The molecule has 1 fully saturated rings. The predicted octanol–water partition coefficient (Wildman–Crippen LogP) is 1.79. The van der Waals surface area contributed by atoms with Crippen LogP contribution in [0.1, 0.15) is 28.8 Å². The highest BCUT2D eigenvalue weighted by Crippen LogP contribution is 2.23. The van der Waals surface area contributed by atoms with Gasteiger partial charge in [-0.1, -0.05) is 23.9 Å². The molecular formula is C17H21N5O2S. The van der Waals surface area contributed by atoms with E-state index in [9.17, 15) is 9.59 Å². The second kappa shape index (κ2) is 7.69. The topological polar surface area (TPSA) is 82.2 Å². The lowest BCUT2D eigenvalue weighted by atomic mass is 10.1. The molecule has 1 saturated heterocycles. The molecule has 8 heteroatoms. The highest BCUT2D eigenvalue weighted by Gasteiger charge is 2.35. The molecule has 7 nitrogen and oxygen atoms in total. The molecule has 1 aromatic heterocycles. The second-order valence-corrected chi connectivity index (χ2v) is 7.13. The number of thioether (sulfide) groups is 1. The van der Waals surface area contributed by atoms with Gasteiger partial charge in [-0.05, 0) is 30.5 Å². The first-order valence-electron chi connectivity index (χ1n) is 8.15. The fourth-order valence-corrected chi connectivity index (χ4v) is 3.62. The summed E-state index contributed by atoms with van der Waals surface area (Å²) in [5.74, 6) is 0.660. The second-order valence-electron chi connectivity index (χ2n) is 6.17. The number of hydrogen-bond donors (Lipinski definition) is 1. The van der Waals surface area contributed by atoms with Gasteiger partial charge in [0.15, 0.2) is 5.16 Å². The minimum atomic E-state index is -0.343. The van der Waals surface area contributed by atoms with Crippen molar-refractivity contribution in [1.82, 2.24) is 25.0 Å². The van der Waals surface area contributed by atoms with Crippen molar-refractivity contribution in [1.29, 1.82) is 0 Å². The first-order chi connectivity index (χ1) is 12.1. The first-order valence-corrected chi connectivity index (χ1v) is 9.14. The Balaban J connectivity index is 1.65. The molecule has 0 radical (unpaired) electrons. The molecule has 1 unspecified atom stereocenters. The number of aromatic amines is 1. The highest BCUT2D eigenvalue weighted by atomic mass is 32.2. The predicted molar refractivity (Wildman–Crippen MR) is 95.1 cm³/mol. The van der Waals surface area contributed by atoms with E-state index in [1.54, 1.807) is 35.7 Å². The minimum absolute atomic E-state index is 0.00840. The molecule has 2 heterocycles. The molecular weight excluding hydrogens is 338 g/mol. The van der Waals surface area contributed by atoms with Crippen molar-refractivity contribution < 1.29 is 9.59 Å². The van der Waals surface area contributed by atoms with Crippen LogP contribution in [0.3, 0.4) is 0 Å². The third kappa shape index (κ3) is 4.01. The average molecular weight is 359 g/mol. The molecule has 25 heavy (non-hydrogen) atoms. The quantitative estimate of drug-likeness (QED) is 0.823. The van der Waals surface area contributed by atoms with Crippen LogP contribution in [0.5, 0.6) is 0 Å². The maximum atomic E-state index is 12.8. The van der Waals surface area contributed by atoms with Gasteiger partial charge in [-0.25, -0.2) is 4.98 Å². The van der Waals surface area contributed by atoms with Crippen LogP contribution in [0, 0.1) is 0 Å². The lowest BCUT2D eigenvalue weighted by Gasteiger charge is -2.26. The van der Waals surface area contributed by atoms with Crippen molar-refractivity contribution in [3.63, 3.8) is 0 Å². The van der Waals surface area contributed by atoms with Gasteiger partial charge in [0.25, 0.3) is 5.91 Å². The number of hydrogen-bond acceptors (Lipinski definition) is 5. The molecule has 1 atom stereocenters. The molecule has 1 aromatic carbocycles. The van der Waals surface area contributed by atoms with Crippen molar-refractivity contribution in [2.45, 2.75) is 29.8 Å². The summed E-state index contributed by atoms with van der Waals surface area (Å²) < 4.78 is 0. The molecule has 132 valence electrons. The summed E-state index contributed by atoms with van der Waals surface area (Å²) in [6.45, 7) is 0.631. The lowest BCUT2D eigenvalue weighted by molar-refractivity contribution is -0.132. The van der Waals surface area contributed by atoms with Crippen LogP contribution in [-0.4, -0.2) is 63.5 Å². The van der Waals surface area contributed by atoms with Crippen molar-refractivity contribution in [3.05, 3.63) is 41.7 Å². The Kier molecular flexibility index (Phi) is 5.37. The average Bonchev–Trinajstić information content (AvgIpc) is 3.30. The number of likely N-dealkylation sites (tertiary alicyclic amines) is 1.